The molecule has 0 aliphatic rings. The zero-order valence-corrected chi connectivity index (χ0v) is 9.92. The quantitative estimate of drug-likeness (QED) is 0.785. The van der Waals surface area contributed by atoms with E-state index in [1.165, 1.54) is 0 Å². The lowest BCUT2D eigenvalue weighted by Crippen LogP contribution is -2.03. The predicted molar refractivity (Wildman–Crippen MR) is 62.2 cm³/mol. The predicted octanol–water partition coefficient (Wildman–Crippen LogP) is 3.34. The SMILES string of the molecule is Cc1ncn(Cc2cccc(Cl)c2F)c1C. The van der Waals surface area contributed by atoms with Crippen LogP contribution in [0, 0.1) is 19.7 Å². The molecule has 0 fully saturated rings. The van der Waals surface area contributed by atoms with Crippen molar-refractivity contribution in [1.82, 2.24) is 9.55 Å². The summed E-state index contributed by atoms with van der Waals surface area (Å²) in [6.07, 6.45) is 1.71. The maximum atomic E-state index is 13.7. The second-order valence-corrected chi connectivity index (χ2v) is 4.16. The van der Waals surface area contributed by atoms with Gasteiger partial charge < -0.3 is 4.57 Å². The third kappa shape index (κ3) is 1.95. The Morgan fingerprint density at radius 2 is 2.12 bits per heavy atom. The zero-order chi connectivity index (χ0) is 11.7. The van der Waals surface area contributed by atoms with Gasteiger partial charge in [-0.25, -0.2) is 9.37 Å². The largest absolute Gasteiger partial charge is 0.330 e. The van der Waals surface area contributed by atoms with E-state index in [4.69, 9.17) is 11.6 Å². The first-order valence-corrected chi connectivity index (χ1v) is 5.38. The van der Waals surface area contributed by atoms with E-state index in [1.54, 1.807) is 24.5 Å². The molecule has 0 amide bonds. The lowest BCUT2D eigenvalue weighted by Gasteiger charge is -2.07. The van der Waals surface area contributed by atoms with Gasteiger partial charge in [0.15, 0.2) is 0 Å². The lowest BCUT2D eigenvalue weighted by molar-refractivity contribution is 0.598. The smallest absolute Gasteiger partial charge is 0.146 e. The van der Waals surface area contributed by atoms with E-state index in [1.807, 2.05) is 18.4 Å². The van der Waals surface area contributed by atoms with Crippen LogP contribution in [0.1, 0.15) is 17.0 Å². The minimum Gasteiger partial charge on any atom is -0.330 e. The Labute approximate surface area is 98.7 Å². The molecule has 1 aromatic heterocycles. The van der Waals surface area contributed by atoms with E-state index < -0.39 is 0 Å². The van der Waals surface area contributed by atoms with E-state index in [2.05, 4.69) is 4.98 Å². The van der Waals surface area contributed by atoms with E-state index in [9.17, 15) is 4.39 Å². The maximum Gasteiger partial charge on any atom is 0.146 e. The van der Waals surface area contributed by atoms with E-state index in [-0.39, 0.29) is 10.8 Å². The molecule has 2 nitrogen and oxygen atoms in total. The summed E-state index contributed by atoms with van der Waals surface area (Å²) in [6, 6.07) is 5.03. The second-order valence-electron chi connectivity index (χ2n) is 3.76. The molecular weight excluding hydrogens is 227 g/mol. The number of nitrogens with zero attached hydrogens (tertiary/aromatic N) is 2. The highest BCUT2D eigenvalue weighted by Gasteiger charge is 2.08. The van der Waals surface area contributed by atoms with Crippen molar-refractivity contribution in [3.63, 3.8) is 0 Å². The summed E-state index contributed by atoms with van der Waals surface area (Å²) in [4.78, 5) is 4.17. The molecule has 0 aliphatic heterocycles. The topological polar surface area (TPSA) is 17.8 Å². The van der Waals surface area contributed by atoms with Gasteiger partial charge in [0.2, 0.25) is 0 Å². The molecule has 0 unspecified atom stereocenters. The fraction of sp³-hybridized carbons (Fsp3) is 0.250. The van der Waals surface area contributed by atoms with Gasteiger partial charge in [-0.2, -0.15) is 0 Å². The van der Waals surface area contributed by atoms with Crippen LogP contribution in [0.2, 0.25) is 5.02 Å². The van der Waals surface area contributed by atoms with Crippen molar-refractivity contribution in [1.29, 1.82) is 0 Å². The number of benzene rings is 1. The summed E-state index contributed by atoms with van der Waals surface area (Å²) in [5.41, 5.74) is 2.58. The number of aromatic nitrogens is 2. The molecule has 0 atom stereocenters. The van der Waals surface area contributed by atoms with Crippen LogP contribution in [-0.4, -0.2) is 9.55 Å². The molecule has 0 saturated carbocycles. The fourth-order valence-corrected chi connectivity index (χ4v) is 1.75. The Morgan fingerprint density at radius 3 is 2.75 bits per heavy atom. The first kappa shape index (κ1) is 11.1. The summed E-state index contributed by atoms with van der Waals surface area (Å²) in [5, 5.41) is 0.159. The zero-order valence-electron chi connectivity index (χ0n) is 9.17. The van der Waals surface area contributed by atoms with E-state index in [0.717, 1.165) is 11.4 Å². The van der Waals surface area contributed by atoms with Crippen LogP contribution >= 0.6 is 11.6 Å². The van der Waals surface area contributed by atoms with Crippen LogP contribution in [0.3, 0.4) is 0 Å². The molecule has 0 radical (unpaired) electrons. The molecule has 4 heteroatoms. The summed E-state index contributed by atoms with van der Waals surface area (Å²) >= 11 is 5.73. The van der Waals surface area contributed by atoms with Gasteiger partial charge in [0.05, 0.1) is 23.6 Å². The number of rotatable bonds is 2. The van der Waals surface area contributed by atoms with Crippen LogP contribution < -0.4 is 0 Å². The molecule has 0 spiro atoms. The Kier molecular flexibility index (Phi) is 2.97. The molecule has 0 N–H and O–H groups in total. The highest BCUT2D eigenvalue weighted by Crippen LogP contribution is 2.19. The number of hydrogen-bond acceptors (Lipinski definition) is 1. The number of aryl methyl sites for hydroxylation is 1. The molecule has 2 rings (SSSR count). The van der Waals surface area contributed by atoms with Crippen LogP contribution in [0.4, 0.5) is 4.39 Å². The Morgan fingerprint density at radius 1 is 1.38 bits per heavy atom. The molecule has 16 heavy (non-hydrogen) atoms. The molecule has 2 aromatic rings. The normalized spacial score (nSPS) is 10.8. The van der Waals surface area contributed by atoms with Gasteiger partial charge in [0.25, 0.3) is 0 Å². The van der Waals surface area contributed by atoms with Gasteiger partial charge in [-0.15, -0.1) is 0 Å². The molecule has 0 aliphatic carbocycles. The molecule has 0 bridgehead atoms. The van der Waals surface area contributed by atoms with Crippen LogP contribution in [0.5, 0.6) is 0 Å². The van der Waals surface area contributed by atoms with Crippen molar-refractivity contribution in [3.8, 4) is 0 Å². The van der Waals surface area contributed by atoms with E-state index in [0.29, 0.717) is 12.1 Å². The van der Waals surface area contributed by atoms with Crippen molar-refractivity contribution in [3.05, 3.63) is 52.3 Å². The monoisotopic (exact) mass is 238 g/mol. The summed E-state index contributed by atoms with van der Waals surface area (Å²) in [5.74, 6) is -0.352. The van der Waals surface area contributed by atoms with E-state index >= 15 is 0 Å². The minimum absolute atomic E-state index is 0.159. The summed E-state index contributed by atoms with van der Waals surface area (Å²) in [6.45, 7) is 4.35. The molecule has 1 heterocycles. The Balaban J connectivity index is 2.34. The molecular formula is C12H12ClFN2. The molecule has 0 saturated heterocycles. The highest BCUT2D eigenvalue weighted by molar-refractivity contribution is 6.30. The minimum atomic E-state index is -0.352. The molecule has 1 aromatic carbocycles. The van der Waals surface area contributed by atoms with Gasteiger partial charge >= 0.3 is 0 Å². The van der Waals surface area contributed by atoms with Gasteiger partial charge in [-0.1, -0.05) is 23.7 Å². The highest BCUT2D eigenvalue weighted by atomic mass is 35.5. The second kappa shape index (κ2) is 4.26. The molecule has 84 valence electrons. The van der Waals surface area contributed by atoms with Crippen LogP contribution in [0.15, 0.2) is 24.5 Å². The Bertz CT molecular complexity index is 520. The van der Waals surface area contributed by atoms with Crippen molar-refractivity contribution < 1.29 is 4.39 Å². The van der Waals surface area contributed by atoms with Crippen LogP contribution in [-0.2, 0) is 6.54 Å². The van der Waals surface area contributed by atoms with Gasteiger partial charge in [-0.05, 0) is 19.9 Å². The Hall–Kier alpha value is -1.35. The average molecular weight is 239 g/mol. The number of imidazole rings is 1. The average Bonchev–Trinajstić information content (AvgIpc) is 2.57. The van der Waals surface area contributed by atoms with Crippen molar-refractivity contribution in [2.45, 2.75) is 20.4 Å². The standard InChI is InChI=1S/C12H12ClFN2/c1-8-9(2)16(7-15-8)6-10-4-3-5-11(13)12(10)14/h3-5,7H,6H2,1-2H3. The maximum absolute atomic E-state index is 13.7. The third-order valence-electron chi connectivity index (χ3n) is 2.72. The van der Waals surface area contributed by atoms with Crippen LogP contribution in [0.25, 0.3) is 0 Å². The van der Waals surface area contributed by atoms with Crippen molar-refractivity contribution in [2.24, 2.45) is 0 Å². The third-order valence-corrected chi connectivity index (χ3v) is 3.01. The van der Waals surface area contributed by atoms with Gasteiger partial charge in [-0.3, -0.25) is 0 Å². The van der Waals surface area contributed by atoms with Gasteiger partial charge in [0.1, 0.15) is 5.82 Å². The first-order valence-electron chi connectivity index (χ1n) is 5.01. The van der Waals surface area contributed by atoms with Gasteiger partial charge in [0, 0.05) is 11.3 Å². The van der Waals surface area contributed by atoms with Crippen molar-refractivity contribution >= 4 is 11.6 Å². The van der Waals surface area contributed by atoms with Crippen molar-refractivity contribution in [2.75, 3.05) is 0 Å². The number of hydrogen-bond donors (Lipinski definition) is 0. The number of halogens is 2. The lowest BCUT2D eigenvalue weighted by atomic mass is 10.2. The first-order chi connectivity index (χ1) is 7.59. The fourth-order valence-electron chi connectivity index (χ4n) is 1.56. The summed E-state index contributed by atoms with van der Waals surface area (Å²) < 4.78 is 15.6. The summed E-state index contributed by atoms with van der Waals surface area (Å²) in [7, 11) is 0.